The van der Waals surface area contributed by atoms with Crippen LogP contribution in [-0.4, -0.2) is 41.6 Å². The molecule has 1 aromatic heterocycles. The summed E-state index contributed by atoms with van der Waals surface area (Å²) in [5.74, 6) is 2.33. The minimum absolute atomic E-state index is 0.282. The molecule has 0 saturated carbocycles. The van der Waals surface area contributed by atoms with Crippen molar-refractivity contribution in [3.63, 3.8) is 0 Å². The zero-order chi connectivity index (χ0) is 14.3. The standard InChI is InChI=1S/C10H15ClN4O3S/c1-7-14-8(10(11)18-7)6-19-4-3-13-9(12-2)5-15(16)17/h3-6H2,1-2H3,(H,12,13). The first kappa shape index (κ1) is 15.8. The highest BCUT2D eigenvalue weighted by Gasteiger charge is 2.09. The van der Waals surface area contributed by atoms with E-state index in [1.165, 1.54) is 7.05 Å². The van der Waals surface area contributed by atoms with Gasteiger partial charge in [0.15, 0.2) is 11.7 Å². The maximum atomic E-state index is 10.3. The first-order chi connectivity index (χ1) is 9.02. The highest BCUT2D eigenvalue weighted by molar-refractivity contribution is 7.98. The lowest BCUT2D eigenvalue weighted by Gasteiger charge is -2.05. The van der Waals surface area contributed by atoms with Crippen LogP contribution in [0.15, 0.2) is 9.41 Å². The van der Waals surface area contributed by atoms with Crippen molar-refractivity contribution in [2.24, 2.45) is 4.99 Å². The zero-order valence-electron chi connectivity index (χ0n) is 10.7. The van der Waals surface area contributed by atoms with E-state index >= 15 is 0 Å². The van der Waals surface area contributed by atoms with E-state index in [2.05, 4.69) is 15.3 Å². The normalized spacial score (nSPS) is 11.6. The van der Waals surface area contributed by atoms with Gasteiger partial charge in [0.2, 0.25) is 5.22 Å². The Morgan fingerprint density at radius 1 is 1.68 bits per heavy atom. The van der Waals surface area contributed by atoms with Gasteiger partial charge in [-0.2, -0.15) is 11.8 Å². The molecule has 0 aliphatic rings. The van der Waals surface area contributed by atoms with E-state index in [0.29, 0.717) is 29.2 Å². The fourth-order valence-electron chi connectivity index (χ4n) is 1.30. The lowest BCUT2D eigenvalue weighted by Crippen LogP contribution is -2.31. The summed E-state index contributed by atoms with van der Waals surface area (Å²) in [4.78, 5) is 17.9. The van der Waals surface area contributed by atoms with Crippen LogP contribution in [0.2, 0.25) is 5.22 Å². The molecule has 0 bridgehead atoms. The third-order valence-corrected chi connectivity index (χ3v) is 3.39. The Balaban J connectivity index is 2.21. The lowest BCUT2D eigenvalue weighted by atomic mass is 10.5. The Bertz CT molecular complexity index is 464. The number of hydrogen-bond donors (Lipinski definition) is 1. The number of nitro groups is 1. The molecular formula is C10H15ClN4O3S. The molecule has 106 valence electrons. The molecular weight excluding hydrogens is 292 g/mol. The number of aliphatic imine (C=N–C) groups is 1. The minimum atomic E-state index is -0.416. The third-order valence-electron chi connectivity index (χ3n) is 2.12. The third kappa shape index (κ3) is 5.93. The van der Waals surface area contributed by atoms with Gasteiger partial charge >= 0.3 is 0 Å². The van der Waals surface area contributed by atoms with Crippen LogP contribution in [0.1, 0.15) is 11.6 Å². The van der Waals surface area contributed by atoms with Crippen molar-refractivity contribution < 1.29 is 9.34 Å². The Hall–Kier alpha value is -1.28. The van der Waals surface area contributed by atoms with Crippen molar-refractivity contribution in [2.45, 2.75) is 12.7 Å². The number of nitrogens with zero attached hydrogens (tertiary/aromatic N) is 3. The molecule has 1 rings (SSSR count). The molecule has 0 aliphatic carbocycles. The van der Waals surface area contributed by atoms with Gasteiger partial charge in [0, 0.05) is 36.9 Å². The van der Waals surface area contributed by atoms with Gasteiger partial charge in [-0.3, -0.25) is 15.1 Å². The lowest BCUT2D eigenvalue weighted by molar-refractivity contribution is -0.463. The Morgan fingerprint density at radius 2 is 2.42 bits per heavy atom. The SMILES string of the molecule is CN=C(C[N+](=O)[O-])NCCSCc1nc(C)oc1Cl. The van der Waals surface area contributed by atoms with Gasteiger partial charge in [0.05, 0.1) is 0 Å². The molecule has 0 spiro atoms. The molecule has 9 heteroatoms. The Kier molecular flexibility index (Phi) is 6.65. The molecule has 0 radical (unpaired) electrons. The fourth-order valence-corrected chi connectivity index (χ4v) is 2.38. The molecule has 1 aromatic rings. The van der Waals surface area contributed by atoms with E-state index in [1.807, 2.05) is 0 Å². The molecule has 7 nitrogen and oxygen atoms in total. The summed E-state index contributed by atoms with van der Waals surface area (Å²) < 4.78 is 5.10. The second-order valence-electron chi connectivity index (χ2n) is 3.59. The number of hydrogen-bond acceptors (Lipinski definition) is 6. The van der Waals surface area contributed by atoms with Crippen LogP contribution in [0.3, 0.4) is 0 Å². The maximum absolute atomic E-state index is 10.3. The number of oxazole rings is 1. The van der Waals surface area contributed by atoms with Crippen molar-refractivity contribution >= 4 is 29.2 Å². The maximum Gasteiger partial charge on any atom is 0.259 e. The van der Waals surface area contributed by atoms with Crippen LogP contribution in [0.4, 0.5) is 0 Å². The van der Waals surface area contributed by atoms with Crippen molar-refractivity contribution in [2.75, 3.05) is 25.9 Å². The Morgan fingerprint density at radius 3 is 2.95 bits per heavy atom. The smallest absolute Gasteiger partial charge is 0.259 e. The van der Waals surface area contributed by atoms with Crippen LogP contribution in [-0.2, 0) is 5.75 Å². The summed E-state index contributed by atoms with van der Waals surface area (Å²) in [6.45, 7) is 2.05. The van der Waals surface area contributed by atoms with E-state index in [4.69, 9.17) is 16.0 Å². The van der Waals surface area contributed by atoms with Gasteiger partial charge in [-0.15, -0.1) is 0 Å². The molecule has 0 aliphatic heterocycles. The molecule has 0 saturated heterocycles. The fraction of sp³-hybridized carbons (Fsp3) is 0.600. The van der Waals surface area contributed by atoms with E-state index in [0.717, 1.165) is 11.4 Å². The van der Waals surface area contributed by atoms with Gasteiger partial charge in [0.25, 0.3) is 6.54 Å². The van der Waals surface area contributed by atoms with Gasteiger partial charge in [0.1, 0.15) is 5.69 Å². The van der Waals surface area contributed by atoms with Gasteiger partial charge in [-0.25, -0.2) is 4.98 Å². The molecule has 0 atom stereocenters. The van der Waals surface area contributed by atoms with Crippen LogP contribution in [0.5, 0.6) is 0 Å². The summed E-state index contributed by atoms with van der Waals surface area (Å²) >= 11 is 7.45. The predicted molar refractivity (Wildman–Crippen MR) is 75.6 cm³/mol. The van der Waals surface area contributed by atoms with Crippen LogP contribution < -0.4 is 5.32 Å². The number of aromatic nitrogens is 1. The van der Waals surface area contributed by atoms with Gasteiger partial charge in [-0.1, -0.05) is 0 Å². The first-order valence-corrected chi connectivity index (χ1v) is 7.07. The number of thioether (sulfide) groups is 1. The number of amidine groups is 1. The summed E-state index contributed by atoms with van der Waals surface area (Å²) in [5, 5.41) is 13.6. The molecule has 19 heavy (non-hydrogen) atoms. The van der Waals surface area contributed by atoms with Crippen molar-refractivity contribution in [1.29, 1.82) is 0 Å². The second-order valence-corrected chi connectivity index (χ2v) is 5.04. The van der Waals surface area contributed by atoms with Crippen molar-refractivity contribution in [1.82, 2.24) is 10.3 Å². The average molecular weight is 307 g/mol. The topological polar surface area (TPSA) is 93.6 Å². The molecule has 0 fully saturated rings. The zero-order valence-corrected chi connectivity index (χ0v) is 12.3. The molecule has 1 N–H and O–H groups in total. The Labute approximate surface area is 120 Å². The predicted octanol–water partition coefficient (Wildman–Crippen LogP) is 1.76. The quantitative estimate of drug-likeness (QED) is 0.271. The minimum Gasteiger partial charge on any atom is -0.429 e. The highest BCUT2D eigenvalue weighted by Crippen LogP contribution is 2.21. The molecule has 0 aromatic carbocycles. The largest absolute Gasteiger partial charge is 0.429 e. The summed E-state index contributed by atoms with van der Waals surface area (Å²) in [6, 6.07) is 0. The van der Waals surface area contributed by atoms with Crippen LogP contribution in [0.25, 0.3) is 0 Å². The van der Waals surface area contributed by atoms with Crippen molar-refractivity contribution in [3.8, 4) is 0 Å². The monoisotopic (exact) mass is 306 g/mol. The van der Waals surface area contributed by atoms with Crippen LogP contribution >= 0.6 is 23.4 Å². The number of aryl methyl sites for hydroxylation is 1. The van der Waals surface area contributed by atoms with E-state index in [-0.39, 0.29) is 6.54 Å². The molecule has 1 heterocycles. The van der Waals surface area contributed by atoms with Crippen LogP contribution in [0, 0.1) is 17.0 Å². The average Bonchev–Trinajstić information content (AvgIpc) is 2.65. The number of halogens is 1. The molecule has 0 unspecified atom stereocenters. The van der Waals surface area contributed by atoms with E-state index in [1.54, 1.807) is 18.7 Å². The summed E-state index contributed by atoms with van der Waals surface area (Å²) in [5.41, 5.74) is 0.721. The number of nitrogens with one attached hydrogen (secondary N) is 1. The summed E-state index contributed by atoms with van der Waals surface area (Å²) in [6.07, 6.45) is 0. The molecule has 0 amide bonds. The first-order valence-electron chi connectivity index (χ1n) is 5.53. The second kappa shape index (κ2) is 8.00. The highest BCUT2D eigenvalue weighted by atomic mass is 35.5. The summed E-state index contributed by atoms with van der Waals surface area (Å²) in [7, 11) is 1.52. The van der Waals surface area contributed by atoms with Crippen molar-refractivity contribution in [3.05, 3.63) is 26.9 Å². The van der Waals surface area contributed by atoms with E-state index < -0.39 is 4.92 Å². The number of rotatable bonds is 7. The van der Waals surface area contributed by atoms with E-state index in [9.17, 15) is 10.1 Å². The van der Waals surface area contributed by atoms with Gasteiger partial charge < -0.3 is 9.73 Å². The van der Waals surface area contributed by atoms with Gasteiger partial charge in [-0.05, 0) is 11.6 Å².